The topological polar surface area (TPSA) is 100 Å². The van der Waals surface area contributed by atoms with Gasteiger partial charge in [0.25, 0.3) is 0 Å². The molecule has 3 N–H and O–H groups in total. The van der Waals surface area contributed by atoms with Crippen LogP contribution in [-0.4, -0.2) is 36.5 Å². The van der Waals surface area contributed by atoms with E-state index < -0.39 is 17.4 Å². The van der Waals surface area contributed by atoms with Gasteiger partial charge in [0.15, 0.2) is 5.82 Å². The standard InChI is InChI=1S/C19H21FN4O3/c1-19(2,27)7-3-9-24-16-5-4-12(20)10-14(16)17(23-24)22-15-11-21-8-6-13(15)18(25)26/h4-6,8,10-11,27H,3,7,9H2,1-2H3,(H,22,23)(H,25,26). The number of aryl methyl sites for hydroxylation is 1. The van der Waals surface area contributed by atoms with Gasteiger partial charge in [-0.3, -0.25) is 9.67 Å². The summed E-state index contributed by atoms with van der Waals surface area (Å²) in [4.78, 5) is 15.3. The second kappa shape index (κ2) is 7.32. The molecule has 2 heterocycles. The van der Waals surface area contributed by atoms with E-state index in [2.05, 4.69) is 15.4 Å². The number of aromatic nitrogens is 3. The molecule has 3 aromatic rings. The number of fused-ring (bicyclic) bond motifs is 1. The third kappa shape index (κ3) is 4.40. The van der Waals surface area contributed by atoms with E-state index in [0.717, 1.165) is 5.52 Å². The van der Waals surface area contributed by atoms with Crippen LogP contribution in [0.2, 0.25) is 0 Å². The zero-order chi connectivity index (χ0) is 19.6. The quantitative estimate of drug-likeness (QED) is 0.586. The largest absolute Gasteiger partial charge is 0.478 e. The third-order valence-electron chi connectivity index (χ3n) is 4.18. The summed E-state index contributed by atoms with van der Waals surface area (Å²) in [6.45, 7) is 4.02. The average molecular weight is 372 g/mol. The van der Waals surface area contributed by atoms with E-state index in [4.69, 9.17) is 0 Å². The fourth-order valence-electron chi connectivity index (χ4n) is 2.88. The van der Waals surface area contributed by atoms with Gasteiger partial charge in [-0.05, 0) is 51.0 Å². The maximum Gasteiger partial charge on any atom is 0.337 e. The predicted octanol–water partition coefficient (Wildman–Crippen LogP) is 3.56. The Kier molecular flexibility index (Phi) is 5.09. The first-order valence-corrected chi connectivity index (χ1v) is 8.57. The van der Waals surface area contributed by atoms with Gasteiger partial charge in [0, 0.05) is 18.1 Å². The van der Waals surface area contributed by atoms with Crippen molar-refractivity contribution in [1.29, 1.82) is 0 Å². The Morgan fingerprint density at radius 2 is 2.11 bits per heavy atom. The Labute approximate surface area is 155 Å². The molecular formula is C19H21FN4O3. The number of aromatic carboxylic acids is 1. The van der Waals surface area contributed by atoms with Crippen molar-refractivity contribution in [1.82, 2.24) is 14.8 Å². The van der Waals surface area contributed by atoms with Crippen molar-refractivity contribution in [2.75, 3.05) is 5.32 Å². The average Bonchev–Trinajstić information content (AvgIpc) is 2.91. The van der Waals surface area contributed by atoms with Gasteiger partial charge in [-0.2, -0.15) is 5.10 Å². The van der Waals surface area contributed by atoms with Gasteiger partial charge in [-0.25, -0.2) is 9.18 Å². The van der Waals surface area contributed by atoms with E-state index in [1.165, 1.54) is 30.6 Å². The zero-order valence-electron chi connectivity index (χ0n) is 15.1. The molecule has 0 aliphatic carbocycles. The molecule has 1 aromatic carbocycles. The highest BCUT2D eigenvalue weighted by Gasteiger charge is 2.17. The minimum atomic E-state index is -1.10. The first-order valence-electron chi connectivity index (χ1n) is 8.57. The lowest BCUT2D eigenvalue weighted by molar-refractivity contribution is 0.0671. The number of aliphatic hydroxyl groups is 1. The van der Waals surface area contributed by atoms with Crippen molar-refractivity contribution in [2.24, 2.45) is 0 Å². The van der Waals surface area contributed by atoms with Crippen LogP contribution < -0.4 is 5.32 Å². The van der Waals surface area contributed by atoms with E-state index in [0.29, 0.717) is 30.6 Å². The monoisotopic (exact) mass is 372 g/mol. The molecule has 142 valence electrons. The summed E-state index contributed by atoms with van der Waals surface area (Å²) in [6, 6.07) is 5.73. The molecule has 0 aliphatic rings. The summed E-state index contributed by atoms with van der Waals surface area (Å²) in [6.07, 6.45) is 4.05. The summed E-state index contributed by atoms with van der Waals surface area (Å²) >= 11 is 0. The van der Waals surface area contributed by atoms with Gasteiger partial charge in [0.2, 0.25) is 0 Å². The Morgan fingerprint density at radius 3 is 2.81 bits per heavy atom. The van der Waals surface area contributed by atoms with E-state index in [1.807, 2.05) is 0 Å². The smallest absolute Gasteiger partial charge is 0.337 e. The Hall–Kier alpha value is -3.00. The van der Waals surface area contributed by atoms with Crippen molar-refractivity contribution in [3.8, 4) is 0 Å². The molecule has 0 radical (unpaired) electrons. The number of carboxylic acid groups (broad SMARTS) is 1. The lowest BCUT2D eigenvalue weighted by Crippen LogP contribution is -2.19. The number of nitrogens with zero attached hydrogens (tertiary/aromatic N) is 3. The lowest BCUT2D eigenvalue weighted by atomic mass is 10.0. The maximum absolute atomic E-state index is 13.8. The maximum atomic E-state index is 13.8. The molecule has 0 spiro atoms. The fourth-order valence-corrected chi connectivity index (χ4v) is 2.88. The minimum Gasteiger partial charge on any atom is -0.478 e. The molecule has 0 amide bonds. The molecule has 7 nitrogen and oxygen atoms in total. The summed E-state index contributed by atoms with van der Waals surface area (Å²) in [7, 11) is 0. The Morgan fingerprint density at radius 1 is 1.33 bits per heavy atom. The normalized spacial score (nSPS) is 11.7. The molecule has 0 fully saturated rings. The number of hydrogen-bond donors (Lipinski definition) is 3. The van der Waals surface area contributed by atoms with Gasteiger partial charge < -0.3 is 15.5 Å². The summed E-state index contributed by atoms with van der Waals surface area (Å²) in [5.41, 5.74) is 0.265. The number of pyridine rings is 1. The van der Waals surface area contributed by atoms with Crippen molar-refractivity contribution in [2.45, 2.75) is 38.8 Å². The Balaban J connectivity index is 1.96. The van der Waals surface area contributed by atoms with Crippen LogP contribution in [0.4, 0.5) is 15.9 Å². The number of hydrogen-bond acceptors (Lipinski definition) is 5. The number of carbonyl (C=O) groups is 1. The number of anilines is 2. The van der Waals surface area contributed by atoms with E-state index >= 15 is 0 Å². The van der Waals surface area contributed by atoms with Gasteiger partial charge in [0.1, 0.15) is 5.82 Å². The van der Waals surface area contributed by atoms with Crippen LogP contribution in [0.3, 0.4) is 0 Å². The van der Waals surface area contributed by atoms with Crippen molar-refractivity contribution >= 4 is 28.4 Å². The number of benzene rings is 1. The van der Waals surface area contributed by atoms with Crippen LogP contribution in [0.1, 0.15) is 37.0 Å². The van der Waals surface area contributed by atoms with Crippen LogP contribution in [0.15, 0.2) is 36.7 Å². The summed E-state index contributed by atoms with van der Waals surface area (Å²) < 4.78 is 15.5. The highest BCUT2D eigenvalue weighted by molar-refractivity contribution is 5.97. The summed E-state index contributed by atoms with van der Waals surface area (Å²) in [5, 5.41) is 27.2. The molecule has 27 heavy (non-hydrogen) atoms. The van der Waals surface area contributed by atoms with Gasteiger partial charge in [-0.1, -0.05) is 0 Å². The number of rotatable bonds is 7. The van der Waals surface area contributed by atoms with Gasteiger partial charge >= 0.3 is 5.97 Å². The predicted molar refractivity (Wildman–Crippen MR) is 99.7 cm³/mol. The number of halogens is 1. The third-order valence-corrected chi connectivity index (χ3v) is 4.18. The van der Waals surface area contributed by atoms with Gasteiger partial charge in [0.05, 0.1) is 28.6 Å². The highest BCUT2D eigenvalue weighted by Crippen LogP contribution is 2.28. The molecule has 2 aromatic heterocycles. The minimum absolute atomic E-state index is 0.0473. The molecule has 0 atom stereocenters. The fraction of sp³-hybridized carbons (Fsp3) is 0.316. The highest BCUT2D eigenvalue weighted by atomic mass is 19.1. The molecular weight excluding hydrogens is 351 g/mol. The molecule has 0 saturated carbocycles. The van der Waals surface area contributed by atoms with Crippen LogP contribution in [0, 0.1) is 5.82 Å². The number of nitrogens with one attached hydrogen (secondary N) is 1. The second-order valence-corrected chi connectivity index (χ2v) is 7.00. The van der Waals surface area contributed by atoms with Crippen LogP contribution in [-0.2, 0) is 6.54 Å². The van der Waals surface area contributed by atoms with Crippen molar-refractivity contribution in [3.05, 3.63) is 48.0 Å². The molecule has 0 bridgehead atoms. The first kappa shape index (κ1) is 18.8. The first-order chi connectivity index (χ1) is 12.7. The second-order valence-electron chi connectivity index (χ2n) is 7.00. The van der Waals surface area contributed by atoms with Crippen LogP contribution in [0.5, 0.6) is 0 Å². The lowest BCUT2D eigenvalue weighted by Gasteiger charge is -2.16. The molecule has 0 unspecified atom stereocenters. The van der Waals surface area contributed by atoms with E-state index in [1.54, 1.807) is 24.6 Å². The van der Waals surface area contributed by atoms with E-state index in [-0.39, 0.29) is 11.3 Å². The summed E-state index contributed by atoms with van der Waals surface area (Å²) in [5.74, 6) is -1.16. The van der Waals surface area contributed by atoms with Crippen molar-refractivity contribution in [3.63, 3.8) is 0 Å². The zero-order valence-corrected chi connectivity index (χ0v) is 15.1. The molecule has 0 aliphatic heterocycles. The van der Waals surface area contributed by atoms with E-state index in [9.17, 15) is 19.4 Å². The van der Waals surface area contributed by atoms with Crippen LogP contribution >= 0.6 is 0 Å². The van der Waals surface area contributed by atoms with Crippen molar-refractivity contribution < 1.29 is 19.4 Å². The molecule has 3 rings (SSSR count). The Bertz CT molecular complexity index is 979. The molecule has 8 heteroatoms. The molecule has 0 saturated heterocycles. The SMILES string of the molecule is CC(C)(O)CCCn1nc(Nc2cnccc2C(=O)O)c2cc(F)ccc21. The van der Waals surface area contributed by atoms with Crippen LogP contribution in [0.25, 0.3) is 10.9 Å². The number of carboxylic acids is 1. The van der Waals surface area contributed by atoms with Gasteiger partial charge in [-0.15, -0.1) is 0 Å².